The van der Waals surface area contributed by atoms with Crippen molar-refractivity contribution in [3.05, 3.63) is 39.4 Å². The number of aryl methyl sites for hydroxylation is 2. The first-order valence-corrected chi connectivity index (χ1v) is 7.25. The zero-order valence-corrected chi connectivity index (χ0v) is 12.0. The van der Waals surface area contributed by atoms with Crippen molar-refractivity contribution in [3.8, 4) is 0 Å². The predicted molar refractivity (Wildman–Crippen MR) is 75.0 cm³/mol. The molecule has 0 spiro atoms. The van der Waals surface area contributed by atoms with Crippen molar-refractivity contribution in [3.63, 3.8) is 0 Å². The molecule has 0 fully saturated rings. The Kier molecular flexibility index (Phi) is 4.55. The molecule has 0 bridgehead atoms. The first-order valence-electron chi connectivity index (χ1n) is 6.37. The summed E-state index contributed by atoms with van der Waals surface area (Å²) in [6, 6.07) is 4.72. The summed E-state index contributed by atoms with van der Waals surface area (Å²) in [5, 5.41) is 9.65. The fourth-order valence-electron chi connectivity index (χ4n) is 2.08. The molecule has 0 saturated carbocycles. The molecule has 98 valence electrons. The highest BCUT2D eigenvalue weighted by Crippen LogP contribution is 2.18. The van der Waals surface area contributed by atoms with Gasteiger partial charge < -0.3 is 9.84 Å². The van der Waals surface area contributed by atoms with E-state index < -0.39 is 0 Å². The second kappa shape index (κ2) is 6.16. The van der Waals surface area contributed by atoms with Crippen LogP contribution >= 0.6 is 11.3 Å². The van der Waals surface area contributed by atoms with Crippen molar-refractivity contribution in [2.75, 3.05) is 6.54 Å². The summed E-state index contributed by atoms with van der Waals surface area (Å²) >= 11 is 1.80. The van der Waals surface area contributed by atoms with Crippen LogP contribution in [0.1, 0.15) is 41.3 Å². The lowest BCUT2D eigenvalue weighted by Crippen LogP contribution is -2.19. The van der Waals surface area contributed by atoms with Gasteiger partial charge in [0.15, 0.2) is 0 Å². The number of rotatable bonds is 6. The Morgan fingerprint density at radius 3 is 2.89 bits per heavy atom. The Morgan fingerprint density at radius 1 is 1.44 bits per heavy atom. The van der Waals surface area contributed by atoms with Crippen LogP contribution in [0.3, 0.4) is 0 Å². The van der Waals surface area contributed by atoms with E-state index in [0.717, 1.165) is 30.8 Å². The van der Waals surface area contributed by atoms with Crippen molar-refractivity contribution < 1.29 is 4.52 Å². The van der Waals surface area contributed by atoms with Gasteiger partial charge in [0.2, 0.25) is 0 Å². The van der Waals surface area contributed by atoms with Gasteiger partial charge in [-0.2, -0.15) is 0 Å². The monoisotopic (exact) mass is 264 g/mol. The second-order valence-corrected chi connectivity index (χ2v) is 5.58. The standard InChI is InChI=1S/C14H20N2OS/c1-10-13(12(3)17-16-10)6-4-8-15-11(2)14-7-5-9-18-14/h5,7,9,11,15H,4,6,8H2,1-3H3/t11-/m1/s1. The summed E-state index contributed by atoms with van der Waals surface area (Å²) in [5.41, 5.74) is 2.29. The molecular formula is C14H20N2OS. The van der Waals surface area contributed by atoms with Crippen LogP contribution in [-0.4, -0.2) is 11.7 Å². The molecule has 2 aromatic heterocycles. The first-order chi connectivity index (χ1) is 8.68. The molecule has 0 aliphatic heterocycles. The number of hydrogen-bond donors (Lipinski definition) is 1. The molecule has 2 heterocycles. The molecule has 4 heteroatoms. The van der Waals surface area contributed by atoms with Crippen LogP contribution in [0.15, 0.2) is 22.0 Å². The van der Waals surface area contributed by atoms with Crippen LogP contribution in [0.2, 0.25) is 0 Å². The molecular weight excluding hydrogens is 244 g/mol. The lowest BCUT2D eigenvalue weighted by molar-refractivity contribution is 0.392. The highest BCUT2D eigenvalue weighted by atomic mass is 32.1. The lowest BCUT2D eigenvalue weighted by Gasteiger charge is -2.11. The molecule has 0 unspecified atom stereocenters. The third kappa shape index (κ3) is 3.21. The zero-order valence-electron chi connectivity index (χ0n) is 11.2. The molecule has 1 N–H and O–H groups in total. The molecule has 1 atom stereocenters. The Hall–Kier alpha value is -1.13. The van der Waals surface area contributed by atoms with Gasteiger partial charge >= 0.3 is 0 Å². The van der Waals surface area contributed by atoms with Gasteiger partial charge in [-0.05, 0) is 51.6 Å². The SMILES string of the molecule is Cc1noc(C)c1CCCN[C@H](C)c1cccs1. The molecule has 2 aromatic rings. The van der Waals surface area contributed by atoms with Gasteiger partial charge in [0.1, 0.15) is 5.76 Å². The van der Waals surface area contributed by atoms with E-state index in [0.29, 0.717) is 6.04 Å². The van der Waals surface area contributed by atoms with E-state index in [1.165, 1.54) is 10.4 Å². The second-order valence-electron chi connectivity index (χ2n) is 4.60. The summed E-state index contributed by atoms with van der Waals surface area (Å²) in [7, 11) is 0. The van der Waals surface area contributed by atoms with Crippen LogP contribution in [0.4, 0.5) is 0 Å². The maximum Gasteiger partial charge on any atom is 0.137 e. The van der Waals surface area contributed by atoms with Gasteiger partial charge in [0.05, 0.1) is 5.69 Å². The van der Waals surface area contributed by atoms with Gasteiger partial charge in [-0.25, -0.2) is 0 Å². The van der Waals surface area contributed by atoms with Crippen molar-refractivity contribution in [2.45, 2.75) is 39.7 Å². The summed E-state index contributed by atoms with van der Waals surface area (Å²) in [6.07, 6.45) is 2.14. The topological polar surface area (TPSA) is 38.1 Å². The van der Waals surface area contributed by atoms with Crippen LogP contribution in [0.25, 0.3) is 0 Å². The van der Waals surface area contributed by atoms with Gasteiger partial charge in [0, 0.05) is 16.5 Å². The number of thiophene rings is 1. The summed E-state index contributed by atoms with van der Waals surface area (Å²) in [4.78, 5) is 1.40. The Labute approximate surface area is 112 Å². The van der Waals surface area contributed by atoms with Crippen molar-refractivity contribution in [1.29, 1.82) is 0 Å². The van der Waals surface area contributed by atoms with Crippen LogP contribution in [0, 0.1) is 13.8 Å². The minimum atomic E-state index is 0.440. The lowest BCUT2D eigenvalue weighted by atomic mass is 10.1. The Bertz CT molecular complexity index is 456. The fraction of sp³-hybridized carbons (Fsp3) is 0.500. The molecule has 18 heavy (non-hydrogen) atoms. The largest absolute Gasteiger partial charge is 0.361 e. The van der Waals surface area contributed by atoms with Crippen LogP contribution < -0.4 is 5.32 Å². The van der Waals surface area contributed by atoms with Crippen LogP contribution in [-0.2, 0) is 6.42 Å². The Balaban J connectivity index is 1.73. The van der Waals surface area contributed by atoms with E-state index in [2.05, 4.69) is 34.9 Å². The molecule has 0 aromatic carbocycles. The van der Waals surface area contributed by atoms with Crippen molar-refractivity contribution in [1.82, 2.24) is 10.5 Å². The molecule has 2 rings (SSSR count). The maximum atomic E-state index is 5.16. The van der Waals surface area contributed by atoms with Crippen molar-refractivity contribution >= 4 is 11.3 Å². The van der Waals surface area contributed by atoms with E-state index in [1.54, 1.807) is 11.3 Å². The third-order valence-electron chi connectivity index (χ3n) is 3.21. The Morgan fingerprint density at radius 2 is 2.28 bits per heavy atom. The molecule has 0 aliphatic rings. The molecule has 0 aliphatic carbocycles. The quantitative estimate of drug-likeness (QED) is 0.810. The minimum absolute atomic E-state index is 0.440. The minimum Gasteiger partial charge on any atom is -0.361 e. The molecule has 3 nitrogen and oxygen atoms in total. The average Bonchev–Trinajstić information content (AvgIpc) is 2.97. The molecule has 0 saturated heterocycles. The molecule has 0 amide bonds. The van der Waals surface area contributed by atoms with Crippen LogP contribution in [0.5, 0.6) is 0 Å². The highest BCUT2D eigenvalue weighted by Gasteiger charge is 2.09. The molecule has 0 radical (unpaired) electrons. The van der Waals surface area contributed by atoms with Gasteiger partial charge in [-0.15, -0.1) is 11.3 Å². The highest BCUT2D eigenvalue weighted by molar-refractivity contribution is 7.10. The van der Waals surface area contributed by atoms with Gasteiger partial charge in [-0.3, -0.25) is 0 Å². The summed E-state index contributed by atoms with van der Waals surface area (Å²) < 4.78 is 5.16. The number of nitrogens with zero attached hydrogens (tertiary/aromatic N) is 1. The predicted octanol–water partition coefficient (Wildman–Crippen LogP) is 3.64. The fourth-order valence-corrected chi connectivity index (χ4v) is 2.84. The zero-order chi connectivity index (χ0) is 13.0. The number of aromatic nitrogens is 1. The van der Waals surface area contributed by atoms with E-state index in [9.17, 15) is 0 Å². The normalized spacial score (nSPS) is 12.8. The smallest absolute Gasteiger partial charge is 0.137 e. The van der Waals surface area contributed by atoms with Gasteiger partial charge in [-0.1, -0.05) is 11.2 Å². The third-order valence-corrected chi connectivity index (χ3v) is 4.26. The van der Waals surface area contributed by atoms with E-state index >= 15 is 0 Å². The van der Waals surface area contributed by atoms with E-state index in [4.69, 9.17) is 4.52 Å². The van der Waals surface area contributed by atoms with Crippen molar-refractivity contribution in [2.24, 2.45) is 0 Å². The maximum absolute atomic E-state index is 5.16. The van der Waals surface area contributed by atoms with E-state index in [-0.39, 0.29) is 0 Å². The first kappa shape index (κ1) is 13.3. The van der Waals surface area contributed by atoms with E-state index in [1.807, 2.05) is 13.8 Å². The summed E-state index contributed by atoms with van der Waals surface area (Å²) in [5.74, 6) is 0.957. The van der Waals surface area contributed by atoms with Gasteiger partial charge in [0.25, 0.3) is 0 Å². The number of hydrogen-bond acceptors (Lipinski definition) is 4. The summed E-state index contributed by atoms with van der Waals surface area (Å²) in [6.45, 7) is 7.22. The number of nitrogens with one attached hydrogen (secondary N) is 1. The average molecular weight is 264 g/mol.